The van der Waals surface area contributed by atoms with Crippen LogP contribution in [0.3, 0.4) is 0 Å². The Labute approximate surface area is 169 Å². The lowest BCUT2D eigenvalue weighted by molar-refractivity contribution is -0.222. The van der Waals surface area contributed by atoms with Crippen LogP contribution in [0.15, 0.2) is 29.8 Å². The maximum atomic E-state index is 12.2. The van der Waals surface area contributed by atoms with E-state index in [9.17, 15) is 9.59 Å². The Balaban J connectivity index is 2.37. The van der Waals surface area contributed by atoms with Gasteiger partial charge in [0.1, 0.15) is 11.3 Å². The molecule has 0 unspecified atom stereocenters. The summed E-state index contributed by atoms with van der Waals surface area (Å²) in [5.41, 5.74) is 1.91. The van der Waals surface area contributed by atoms with Gasteiger partial charge in [-0.15, -0.1) is 0 Å². The van der Waals surface area contributed by atoms with Crippen LogP contribution in [-0.4, -0.2) is 26.0 Å². The SMILES string of the molecule is CC(C)[Si](Oc1cccc(C=C2C(=O)OC(C)(C)OC2=O)c1)(C(C)C)C(C)C. The van der Waals surface area contributed by atoms with E-state index >= 15 is 0 Å². The van der Waals surface area contributed by atoms with Crippen molar-refractivity contribution >= 4 is 26.3 Å². The number of esters is 2. The molecule has 1 saturated heterocycles. The first-order valence-electron chi connectivity index (χ1n) is 9.86. The quantitative estimate of drug-likeness (QED) is 0.273. The van der Waals surface area contributed by atoms with Gasteiger partial charge in [0, 0.05) is 13.8 Å². The number of rotatable bonds is 6. The molecule has 154 valence electrons. The number of hydrogen-bond donors (Lipinski definition) is 0. The summed E-state index contributed by atoms with van der Waals surface area (Å²) in [6.45, 7) is 16.4. The van der Waals surface area contributed by atoms with Crippen molar-refractivity contribution in [2.24, 2.45) is 0 Å². The first-order chi connectivity index (χ1) is 12.9. The third-order valence-corrected chi connectivity index (χ3v) is 11.3. The van der Waals surface area contributed by atoms with Gasteiger partial charge >= 0.3 is 11.9 Å². The number of carbonyl (C=O) groups is 2. The van der Waals surface area contributed by atoms with Crippen LogP contribution in [0.25, 0.3) is 6.08 Å². The van der Waals surface area contributed by atoms with Gasteiger partial charge in [-0.05, 0) is 40.4 Å². The zero-order chi connectivity index (χ0) is 21.3. The van der Waals surface area contributed by atoms with Gasteiger partial charge in [-0.3, -0.25) is 0 Å². The van der Waals surface area contributed by atoms with Crippen molar-refractivity contribution in [3.8, 4) is 5.75 Å². The van der Waals surface area contributed by atoms with Crippen molar-refractivity contribution in [3.63, 3.8) is 0 Å². The topological polar surface area (TPSA) is 61.8 Å². The zero-order valence-electron chi connectivity index (χ0n) is 18.2. The fourth-order valence-electron chi connectivity index (χ4n) is 4.17. The van der Waals surface area contributed by atoms with Crippen LogP contribution in [0.4, 0.5) is 0 Å². The van der Waals surface area contributed by atoms with E-state index in [1.54, 1.807) is 0 Å². The molecule has 1 aromatic rings. The molecule has 1 heterocycles. The van der Waals surface area contributed by atoms with Crippen molar-refractivity contribution in [1.29, 1.82) is 0 Å². The summed E-state index contributed by atoms with van der Waals surface area (Å²) in [6, 6.07) is 7.48. The molecule has 0 spiro atoms. The summed E-state index contributed by atoms with van der Waals surface area (Å²) in [5, 5.41) is 0. The van der Waals surface area contributed by atoms with E-state index in [1.165, 1.54) is 19.9 Å². The van der Waals surface area contributed by atoms with Gasteiger partial charge in [-0.2, -0.15) is 0 Å². The summed E-state index contributed by atoms with van der Waals surface area (Å²) in [7, 11) is -2.09. The number of ether oxygens (including phenoxy) is 2. The molecule has 0 saturated carbocycles. The highest BCUT2D eigenvalue weighted by molar-refractivity contribution is 6.78. The number of benzene rings is 1. The standard InChI is InChI=1S/C22H32O5Si/c1-14(2)28(15(3)4,16(5)6)27-18-11-9-10-17(12-18)13-19-20(23)25-22(7,8)26-21(19)24/h9-16H,1-8H3. The van der Waals surface area contributed by atoms with E-state index < -0.39 is 26.0 Å². The Morgan fingerprint density at radius 2 is 1.43 bits per heavy atom. The molecule has 0 aromatic heterocycles. The third kappa shape index (κ3) is 4.49. The molecule has 28 heavy (non-hydrogen) atoms. The van der Waals surface area contributed by atoms with Crippen LogP contribution >= 0.6 is 0 Å². The van der Waals surface area contributed by atoms with Gasteiger partial charge < -0.3 is 13.9 Å². The maximum absolute atomic E-state index is 12.2. The van der Waals surface area contributed by atoms with Gasteiger partial charge in [0.2, 0.25) is 0 Å². The van der Waals surface area contributed by atoms with Gasteiger partial charge in [-0.1, -0.05) is 53.7 Å². The Bertz CT molecular complexity index is 733. The van der Waals surface area contributed by atoms with Crippen LogP contribution in [0.2, 0.25) is 16.6 Å². The van der Waals surface area contributed by atoms with Gasteiger partial charge in [0.25, 0.3) is 14.1 Å². The summed E-state index contributed by atoms with van der Waals surface area (Å²) in [5.74, 6) is -1.84. The monoisotopic (exact) mass is 404 g/mol. The minimum absolute atomic E-state index is 0.114. The van der Waals surface area contributed by atoms with Crippen molar-refractivity contribution < 1.29 is 23.5 Å². The van der Waals surface area contributed by atoms with E-state index in [1.807, 2.05) is 24.3 Å². The normalized spacial score (nSPS) is 17.0. The second kappa shape index (κ2) is 8.11. The minimum atomic E-state index is -2.09. The van der Waals surface area contributed by atoms with E-state index in [0.717, 1.165) is 5.75 Å². The van der Waals surface area contributed by atoms with Gasteiger partial charge in [0.15, 0.2) is 0 Å². The molecule has 0 bridgehead atoms. The minimum Gasteiger partial charge on any atom is -0.543 e. The summed E-state index contributed by atoms with van der Waals surface area (Å²) in [6.07, 6.45) is 1.50. The molecule has 1 aromatic carbocycles. The van der Waals surface area contributed by atoms with Crippen LogP contribution in [0, 0.1) is 0 Å². The zero-order valence-corrected chi connectivity index (χ0v) is 19.2. The van der Waals surface area contributed by atoms with E-state index in [0.29, 0.717) is 22.2 Å². The Kier molecular flexibility index (Phi) is 6.43. The second-order valence-corrected chi connectivity index (χ2v) is 14.1. The molecule has 1 fully saturated rings. The predicted molar refractivity (Wildman–Crippen MR) is 112 cm³/mol. The molecule has 0 N–H and O–H groups in total. The van der Waals surface area contributed by atoms with Gasteiger partial charge in [0.05, 0.1) is 0 Å². The van der Waals surface area contributed by atoms with Gasteiger partial charge in [-0.25, -0.2) is 9.59 Å². The number of carbonyl (C=O) groups excluding carboxylic acids is 2. The van der Waals surface area contributed by atoms with E-state index in [-0.39, 0.29) is 5.57 Å². The average Bonchev–Trinajstić information content (AvgIpc) is 2.54. The summed E-state index contributed by atoms with van der Waals surface area (Å²) < 4.78 is 17.0. The maximum Gasteiger partial charge on any atom is 0.348 e. The van der Waals surface area contributed by atoms with Crippen LogP contribution < -0.4 is 4.43 Å². The molecule has 0 atom stereocenters. The Hall–Kier alpha value is -2.08. The lowest BCUT2D eigenvalue weighted by Crippen LogP contribution is -2.50. The average molecular weight is 405 g/mol. The first-order valence-corrected chi connectivity index (χ1v) is 12.0. The Morgan fingerprint density at radius 3 is 1.89 bits per heavy atom. The largest absolute Gasteiger partial charge is 0.543 e. The smallest absolute Gasteiger partial charge is 0.348 e. The Morgan fingerprint density at radius 1 is 0.929 bits per heavy atom. The molecule has 1 aliphatic rings. The fourth-order valence-corrected chi connectivity index (χ4v) is 9.41. The molecule has 1 aliphatic heterocycles. The summed E-state index contributed by atoms with van der Waals surface area (Å²) in [4.78, 5) is 24.4. The van der Waals surface area contributed by atoms with E-state index in [2.05, 4.69) is 41.5 Å². The predicted octanol–water partition coefficient (Wildman–Crippen LogP) is 5.46. The molecule has 0 aliphatic carbocycles. The highest BCUT2D eigenvalue weighted by Crippen LogP contribution is 2.42. The lowest BCUT2D eigenvalue weighted by Gasteiger charge is -2.42. The molecule has 2 rings (SSSR count). The molecular formula is C22H32O5Si. The van der Waals surface area contributed by atoms with Crippen LogP contribution in [0.5, 0.6) is 5.75 Å². The molecule has 5 nitrogen and oxygen atoms in total. The third-order valence-electron chi connectivity index (χ3n) is 5.29. The van der Waals surface area contributed by atoms with Crippen LogP contribution in [-0.2, 0) is 19.1 Å². The fraction of sp³-hybridized carbons (Fsp3) is 0.545. The number of cyclic esters (lactones) is 2. The number of hydrogen-bond acceptors (Lipinski definition) is 5. The second-order valence-electron chi connectivity index (χ2n) is 8.73. The van der Waals surface area contributed by atoms with Crippen molar-refractivity contribution in [1.82, 2.24) is 0 Å². The molecular weight excluding hydrogens is 372 g/mol. The summed E-state index contributed by atoms with van der Waals surface area (Å²) >= 11 is 0. The molecule has 0 amide bonds. The highest BCUT2D eigenvalue weighted by atomic mass is 28.4. The molecule has 6 heteroatoms. The lowest BCUT2D eigenvalue weighted by atomic mass is 10.1. The first kappa shape index (κ1) is 22.2. The highest BCUT2D eigenvalue weighted by Gasteiger charge is 2.47. The van der Waals surface area contributed by atoms with Crippen molar-refractivity contribution in [3.05, 3.63) is 35.4 Å². The van der Waals surface area contributed by atoms with E-state index in [4.69, 9.17) is 13.9 Å². The van der Waals surface area contributed by atoms with Crippen molar-refractivity contribution in [2.75, 3.05) is 0 Å². The molecule has 0 radical (unpaired) electrons. The van der Waals surface area contributed by atoms with Crippen molar-refractivity contribution in [2.45, 2.75) is 77.8 Å². The van der Waals surface area contributed by atoms with Crippen LogP contribution in [0.1, 0.15) is 61.0 Å².